The second-order valence-electron chi connectivity index (χ2n) is 10.4. The van der Waals surface area contributed by atoms with Gasteiger partial charge in [0.05, 0.1) is 19.6 Å². The van der Waals surface area contributed by atoms with Crippen LogP contribution in [0.2, 0.25) is 4.34 Å². The number of sulfonamides is 1. The van der Waals surface area contributed by atoms with E-state index in [2.05, 4.69) is 9.08 Å². The van der Waals surface area contributed by atoms with Crippen molar-refractivity contribution >= 4 is 60.2 Å². The van der Waals surface area contributed by atoms with Crippen molar-refractivity contribution in [3.63, 3.8) is 0 Å². The Morgan fingerprint density at radius 3 is 2.34 bits per heavy atom. The molecule has 1 N–H and O–H groups in total. The van der Waals surface area contributed by atoms with Crippen LogP contribution in [0.1, 0.15) is 31.2 Å². The van der Waals surface area contributed by atoms with Crippen LogP contribution < -0.4 is 5.32 Å². The van der Waals surface area contributed by atoms with Gasteiger partial charge in [-0.25, -0.2) is 9.00 Å². The summed E-state index contributed by atoms with van der Waals surface area (Å²) in [6, 6.07) is 18.7. The lowest BCUT2D eigenvalue weighted by molar-refractivity contribution is -0.385. The van der Waals surface area contributed by atoms with Crippen molar-refractivity contribution < 1.29 is 27.1 Å². The first kappa shape index (κ1) is 32.6. The lowest BCUT2D eigenvalue weighted by Gasteiger charge is -2.20. The highest BCUT2D eigenvalue weighted by Gasteiger charge is 2.28. The monoisotopic (exact) mass is 672 g/mol. The molecule has 0 fully saturated rings. The largest absolute Gasteiger partial charge is 0.444 e. The molecule has 11 nitrogen and oxygen atoms in total. The quantitative estimate of drug-likeness (QED) is 0.153. The van der Waals surface area contributed by atoms with Crippen LogP contribution in [0.5, 0.6) is 0 Å². The van der Waals surface area contributed by atoms with Gasteiger partial charge in [-0.3, -0.25) is 15.4 Å². The Hall–Kier alpha value is -4.29. The number of aryl methyl sites for hydroxylation is 1. The van der Waals surface area contributed by atoms with Crippen LogP contribution in [0.25, 0.3) is 11.1 Å². The molecular formula is C29H25ClN4O7S3. The predicted molar refractivity (Wildman–Crippen MR) is 168 cm³/mol. The van der Waals surface area contributed by atoms with Crippen LogP contribution in [0.3, 0.4) is 0 Å². The number of benzene rings is 3. The summed E-state index contributed by atoms with van der Waals surface area (Å²) in [6.07, 6.45) is -0.623. The van der Waals surface area contributed by atoms with E-state index in [1.165, 1.54) is 24.3 Å². The van der Waals surface area contributed by atoms with E-state index in [9.17, 15) is 32.8 Å². The fourth-order valence-corrected chi connectivity index (χ4v) is 9.73. The molecule has 3 aromatic carbocycles. The van der Waals surface area contributed by atoms with Crippen molar-refractivity contribution in [3.8, 4) is 17.2 Å². The van der Waals surface area contributed by atoms with E-state index in [-0.39, 0.29) is 19.0 Å². The van der Waals surface area contributed by atoms with Crippen LogP contribution in [0.15, 0.2) is 91.3 Å². The summed E-state index contributed by atoms with van der Waals surface area (Å²) >= 11 is 7.19. The highest BCUT2D eigenvalue weighted by atomic mass is 35.5. The number of non-ortho nitro benzene ring substituents is 1. The van der Waals surface area contributed by atoms with Gasteiger partial charge in [0.25, 0.3) is 15.7 Å². The summed E-state index contributed by atoms with van der Waals surface area (Å²) in [6.45, 7) is 7.04. The summed E-state index contributed by atoms with van der Waals surface area (Å²) in [5.74, 6) is 0. The van der Waals surface area contributed by atoms with Gasteiger partial charge in [0.1, 0.15) is 30.6 Å². The molecule has 1 aromatic heterocycles. The van der Waals surface area contributed by atoms with Crippen LogP contribution >= 0.6 is 22.9 Å². The van der Waals surface area contributed by atoms with E-state index in [0.717, 1.165) is 35.1 Å². The summed E-state index contributed by atoms with van der Waals surface area (Å²) in [7, 11) is -8.81. The topological polar surface area (TPSA) is 169 Å². The number of anilines is 1. The van der Waals surface area contributed by atoms with Gasteiger partial charge in [0.15, 0.2) is 0 Å². The average Bonchev–Trinajstić information content (AvgIpc) is 3.33. The van der Waals surface area contributed by atoms with E-state index < -0.39 is 47.0 Å². The molecule has 1 heterocycles. The molecule has 0 aliphatic carbocycles. The van der Waals surface area contributed by atoms with Crippen LogP contribution in [0, 0.1) is 28.4 Å². The molecule has 0 aliphatic heterocycles. The third-order valence-electron chi connectivity index (χ3n) is 5.93. The molecule has 4 aromatic rings. The number of ether oxygens (including phenoxy) is 1. The zero-order valence-electron chi connectivity index (χ0n) is 23.7. The molecule has 0 aliphatic rings. The number of rotatable bonds is 7. The molecule has 1 unspecified atom stereocenters. The Bertz CT molecular complexity index is 2070. The summed E-state index contributed by atoms with van der Waals surface area (Å²) in [4.78, 5) is 22.1. The van der Waals surface area contributed by atoms with Crippen LogP contribution in [-0.4, -0.2) is 29.2 Å². The third kappa shape index (κ3) is 7.25. The first-order valence-electron chi connectivity index (χ1n) is 12.7. The number of hydrogen-bond acceptors (Lipinski definition) is 9. The van der Waals surface area contributed by atoms with E-state index in [1.807, 2.05) is 6.07 Å². The molecule has 0 radical (unpaired) electrons. The SMILES string of the molecule is Cc1cc(NC(=O)OC(C)(C)C)ccc1-c1cccc(S(=O)(=NS(=O)(=O)c2cccc([N+](=O)[O-])c2)c2cc(C#N)sc2Cl)c1. The Morgan fingerprint density at radius 2 is 1.73 bits per heavy atom. The molecule has 0 saturated carbocycles. The van der Waals surface area contributed by atoms with Crippen molar-refractivity contribution in [2.45, 2.75) is 48.0 Å². The molecule has 1 atom stereocenters. The van der Waals surface area contributed by atoms with Gasteiger partial charge >= 0.3 is 6.09 Å². The van der Waals surface area contributed by atoms with Gasteiger partial charge in [-0.2, -0.15) is 13.7 Å². The zero-order valence-corrected chi connectivity index (χ0v) is 26.9. The Kier molecular flexibility index (Phi) is 9.17. The fraction of sp³-hybridized carbons (Fsp3) is 0.172. The first-order valence-corrected chi connectivity index (χ1v) is 16.9. The Balaban J connectivity index is 1.86. The predicted octanol–water partition coefficient (Wildman–Crippen LogP) is 7.78. The van der Waals surface area contributed by atoms with E-state index in [4.69, 9.17) is 16.3 Å². The van der Waals surface area contributed by atoms with E-state index in [1.54, 1.807) is 58.0 Å². The third-order valence-corrected chi connectivity index (χ3v) is 11.7. The number of halogens is 1. The number of thiophene rings is 1. The number of nitro benzene ring substituents is 1. The molecule has 15 heteroatoms. The second kappa shape index (κ2) is 12.4. The number of hydrogen-bond donors (Lipinski definition) is 1. The number of carbonyl (C=O) groups is 1. The fourth-order valence-electron chi connectivity index (χ4n) is 4.07. The van der Waals surface area contributed by atoms with E-state index >= 15 is 0 Å². The van der Waals surface area contributed by atoms with Crippen molar-refractivity contribution in [1.82, 2.24) is 0 Å². The number of carbonyl (C=O) groups excluding carboxylic acids is 1. The maximum Gasteiger partial charge on any atom is 0.412 e. The van der Waals surface area contributed by atoms with Gasteiger partial charge in [0, 0.05) is 17.8 Å². The lowest BCUT2D eigenvalue weighted by atomic mass is 10.00. The van der Waals surface area contributed by atoms with Crippen molar-refractivity contribution in [2.24, 2.45) is 3.77 Å². The zero-order chi connectivity index (χ0) is 32.4. The highest BCUT2D eigenvalue weighted by molar-refractivity contribution is 8.03. The molecule has 1 amide bonds. The number of nitro groups is 1. The lowest BCUT2D eigenvalue weighted by Crippen LogP contribution is -2.27. The maximum absolute atomic E-state index is 14.8. The maximum atomic E-state index is 14.8. The minimum atomic E-state index is -4.74. The molecule has 228 valence electrons. The van der Waals surface area contributed by atoms with Gasteiger partial charge in [-0.15, -0.1) is 11.3 Å². The number of nitrogens with zero attached hydrogens (tertiary/aromatic N) is 3. The van der Waals surface area contributed by atoms with Crippen LogP contribution in [-0.2, 0) is 24.5 Å². The van der Waals surface area contributed by atoms with Crippen molar-refractivity contribution in [1.29, 1.82) is 5.26 Å². The number of nitrogens with one attached hydrogen (secondary N) is 1. The molecule has 0 bridgehead atoms. The van der Waals surface area contributed by atoms with Gasteiger partial charge in [-0.1, -0.05) is 39.6 Å². The van der Waals surface area contributed by atoms with Gasteiger partial charge < -0.3 is 4.74 Å². The van der Waals surface area contributed by atoms with Gasteiger partial charge in [0.2, 0.25) is 0 Å². The second-order valence-corrected chi connectivity index (χ2v) is 16.0. The van der Waals surface area contributed by atoms with Crippen molar-refractivity contribution in [3.05, 3.63) is 97.7 Å². The van der Waals surface area contributed by atoms with Crippen LogP contribution in [0.4, 0.5) is 16.2 Å². The summed E-state index contributed by atoms with van der Waals surface area (Å²) < 4.78 is 50.7. The summed E-state index contributed by atoms with van der Waals surface area (Å²) in [5.41, 5.74) is 1.26. The first-order chi connectivity index (χ1) is 20.5. The average molecular weight is 673 g/mol. The number of nitriles is 1. The van der Waals surface area contributed by atoms with Crippen molar-refractivity contribution in [2.75, 3.05) is 5.32 Å². The molecule has 4 rings (SSSR count). The normalized spacial score (nSPS) is 12.9. The highest BCUT2D eigenvalue weighted by Crippen LogP contribution is 2.39. The summed E-state index contributed by atoms with van der Waals surface area (Å²) in [5, 5.41) is 23.4. The molecule has 0 saturated heterocycles. The smallest absolute Gasteiger partial charge is 0.412 e. The van der Waals surface area contributed by atoms with Gasteiger partial charge in [-0.05, 0) is 80.8 Å². The standard InChI is InChI=1S/C29H25ClN4O7S3/c1-18-13-20(32-28(35)41-29(2,3)4)11-12-25(18)19-7-5-9-23(14-19)43(38,26-16-22(17-31)42-27(26)30)33-44(39,40)24-10-6-8-21(15-24)34(36)37/h5-16H,1-4H3,(H,32,35). The molecule has 0 spiro atoms. The minimum absolute atomic E-state index is 0.0245. The Labute approximate surface area is 263 Å². The minimum Gasteiger partial charge on any atom is -0.444 e. The molecular weight excluding hydrogens is 648 g/mol. The van der Waals surface area contributed by atoms with E-state index in [0.29, 0.717) is 16.8 Å². The Morgan fingerprint density at radius 1 is 1.05 bits per heavy atom. The number of amides is 1. The molecule has 44 heavy (non-hydrogen) atoms.